The quantitative estimate of drug-likeness (QED) is 0.160. The molecule has 0 N–H and O–H groups in total. The molecule has 3 aromatic carbocycles. The third-order valence-electron chi connectivity index (χ3n) is 9.25. The Bertz CT molecular complexity index is 1750. The second kappa shape index (κ2) is 10.0. The number of imide groups is 1. The predicted octanol–water partition coefficient (Wildman–Crippen LogP) is 6.17. The first kappa shape index (κ1) is 26.3. The van der Waals surface area contributed by atoms with Crippen LogP contribution in [0.1, 0.15) is 52.5 Å². The van der Waals surface area contributed by atoms with Gasteiger partial charge < -0.3 is 4.74 Å². The summed E-state index contributed by atoms with van der Waals surface area (Å²) in [6, 6.07) is 23.2. The number of aromatic nitrogens is 1. The van der Waals surface area contributed by atoms with Crippen LogP contribution in [0.3, 0.4) is 0 Å². The number of esters is 1. The second-order valence-electron chi connectivity index (χ2n) is 11.8. The molecule has 0 spiro atoms. The smallest absolute Gasteiger partial charge is 0.339 e. The van der Waals surface area contributed by atoms with E-state index in [-0.39, 0.29) is 35.0 Å². The third-order valence-corrected chi connectivity index (χ3v) is 9.25. The molecule has 7 heteroatoms. The van der Waals surface area contributed by atoms with E-state index in [2.05, 4.69) is 0 Å². The lowest BCUT2D eigenvalue weighted by atomic mass is 9.81. The lowest BCUT2D eigenvalue weighted by Crippen LogP contribution is -2.32. The highest BCUT2D eigenvalue weighted by Crippen LogP contribution is 2.56. The number of aryl methyl sites for hydroxylation is 1. The summed E-state index contributed by atoms with van der Waals surface area (Å²) in [5.74, 6) is -0.912. The number of amides is 2. The molecular formula is C35H30N2O5. The first-order chi connectivity index (χ1) is 20.3. The molecule has 2 bridgehead atoms. The zero-order chi connectivity index (χ0) is 29.1. The zero-order valence-electron chi connectivity index (χ0n) is 23.4. The molecule has 4 aromatic rings. The largest absolute Gasteiger partial charge is 0.451 e. The van der Waals surface area contributed by atoms with Crippen LogP contribution < -0.4 is 4.90 Å². The highest BCUT2D eigenvalue weighted by molar-refractivity contribution is 6.22. The molecule has 42 heavy (non-hydrogen) atoms. The van der Waals surface area contributed by atoms with Gasteiger partial charge in [-0.3, -0.25) is 19.3 Å². The van der Waals surface area contributed by atoms with E-state index in [4.69, 9.17) is 9.72 Å². The van der Waals surface area contributed by atoms with Crippen molar-refractivity contribution >= 4 is 40.2 Å². The van der Waals surface area contributed by atoms with Crippen molar-refractivity contribution in [3.63, 3.8) is 0 Å². The molecule has 7 nitrogen and oxygen atoms in total. The second-order valence-corrected chi connectivity index (χ2v) is 11.8. The molecule has 1 saturated heterocycles. The first-order valence-corrected chi connectivity index (χ1v) is 14.5. The van der Waals surface area contributed by atoms with Crippen LogP contribution in [0.25, 0.3) is 22.2 Å². The van der Waals surface area contributed by atoms with Crippen molar-refractivity contribution in [1.82, 2.24) is 4.98 Å². The summed E-state index contributed by atoms with van der Waals surface area (Å²) in [7, 11) is 0. The molecule has 210 valence electrons. The van der Waals surface area contributed by atoms with E-state index in [0.29, 0.717) is 45.2 Å². The fourth-order valence-electron chi connectivity index (χ4n) is 7.19. The van der Waals surface area contributed by atoms with Crippen LogP contribution in [0, 0.1) is 30.6 Å². The molecule has 3 fully saturated rings. The van der Waals surface area contributed by atoms with Crippen LogP contribution in [0.15, 0.2) is 78.9 Å². The van der Waals surface area contributed by atoms with Gasteiger partial charge >= 0.3 is 5.97 Å². The molecule has 2 heterocycles. The van der Waals surface area contributed by atoms with Crippen LogP contribution in [-0.4, -0.2) is 34.7 Å². The van der Waals surface area contributed by atoms with Crippen molar-refractivity contribution in [2.24, 2.45) is 23.7 Å². The Morgan fingerprint density at radius 2 is 1.57 bits per heavy atom. The maximum Gasteiger partial charge on any atom is 0.339 e. The minimum Gasteiger partial charge on any atom is -0.451 e. The van der Waals surface area contributed by atoms with E-state index in [0.717, 1.165) is 24.8 Å². The summed E-state index contributed by atoms with van der Waals surface area (Å²) in [4.78, 5) is 59.5. The number of fused-ring (bicyclic) bond motifs is 6. The number of ether oxygens (including phenoxy) is 1. The number of hydrogen-bond donors (Lipinski definition) is 0. The average Bonchev–Trinajstić information content (AvgIpc) is 3.70. The molecule has 0 radical (unpaired) electrons. The Morgan fingerprint density at radius 3 is 2.29 bits per heavy atom. The van der Waals surface area contributed by atoms with E-state index < -0.39 is 12.1 Å². The fourth-order valence-corrected chi connectivity index (χ4v) is 7.19. The first-order valence-electron chi connectivity index (χ1n) is 14.5. The van der Waals surface area contributed by atoms with Gasteiger partial charge in [-0.05, 0) is 69.2 Å². The summed E-state index contributed by atoms with van der Waals surface area (Å²) in [6.45, 7) is 3.51. The van der Waals surface area contributed by atoms with Crippen molar-refractivity contribution in [2.45, 2.75) is 39.2 Å². The van der Waals surface area contributed by atoms with Gasteiger partial charge in [0.2, 0.25) is 17.6 Å². The van der Waals surface area contributed by atoms with Crippen molar-refractivity contribution in [1.29, 1.82) is 0 Å². The van der Waals surface area contributed by atoms with Crippen LogP contribution >= 0.6 is 0 Å². The highest BCUT2D eigenvalue weighted by atomic mass is 16.5. The molecule has 0 unspecified atom stereocenters. The van der Waals surface area contributed by atoms with Gasteiger partial charge in [0.15, 0.2) is 6.10 Å². The molecule has 2 aliphatic carbocycles. The average molecular weight is 559 g/mol. The molecule has 3 aliphatic rings. The van der Waals surface area contributed by atoms with Crippen LogP contribution in [0.2, 0.25) is 0 Å². The Hall–Kier alpha value is -4.65. The molecule has 1 aliphatic heterocycles. The number of nitrogens with zero attached hydrogens (tertiary/aromatic N) is 2. The number of carbonyl (C=O) groups excluding carboxylic acids is 4. The lowest BCUT2D eigenvalue weighted by Gasteiger charge is -2.19. The van der Waals surface area contributed by atoms with E-state index in [1.807, 2.05) is 43.3 Å². The van der Waals surface area contributed by atoms with Crippen molar-refractivity contribution in [3.8, 4) is 11.3 Å². The lowest BCUT2D eigenvalue weighted by molar-refractivity contribution is -0.123. The Kier molecular flexibility index (Phi) is 6.26. The van der Waals surface area contributed by atoms with Gasteiger partial charge in [0.1, 0.15) is 0 Å². The van der Waals surface area contributed by atoms with Gasteiger partial charge in [0.25, 0.3) is 0 Å². The molecule has 2 saturated carbocycles. The topological polar surface area (TPSA) is 93.6 Å². The standard InChI is InChI=1S/C35H30N2O5/c1-19-10-12-21(13-11-19)32(38)20(2)42-35(41)27-18-29(36-28-9-4-3-8-26(27)28)22-6-5-7-25(17-22)37-33(39)30-23-14-15-24(16-23)31(30)34(37)40/h3-13,17-18,20,23-24,30-31H,14-16H2,1-2H3/t20-,23+,24+,30-,31+/m1/s1. The molecule has 7 rings (SSSR count). The number of Topliss-reactive ketones (excluding diaryl/α,β-unsaturated/α-hetero) is 1. The van der Waals surface area contributed by atoms with E-state index in [1.165, 1.54) is 4.90 Å². The summed E-state index contributed by atoms with van der Waals surface area (Å²) >= 11 is 0. The number of rotatable bonds is 6. The van der Waals surface area contributed by atoms with Crippen molar-refractivity contribution < 1.29 is 23.9 Å². The number of pyridine rings is 1. The zero-order valence-corrected chi connectivity index (χ0v) is 23.4. The minimum atomic E-state index is -0.985. The van der Waals surface area contributed by atoms with Crippen LogP contribution in [0.5, 0.6) is 0 Å². The van der Waals surface area contributed by atoms with Gasteiger partial charge in [0.05, 0.1) is 34.3 Å². The monoisotopic (exact) mass is 558 g/mol. The van der Waals surface area contributed by atoms with Gasteiger partial charge in [-0.2, -0.15) is 0 Å². The molecule has 2 amide bonds. The Labute approximate surface area is 243 Å². The van der Waals surface area contributed by atoms with Crippen molar-refractivity contribution in [2.75, 3.05) is 4.90 Å². The number of ketones is 1. The molecule has 1 aromatic heterocycles. The van der Waals surface area contributed by atoms with E-state index >= 15 is 0 Å². The van der Waals surface area contributed by atoms with Crippen LogP contribution in [-0.2, 0) is 14.3 Å². The van der Waals surface area contributed by atoms with Gasteiger partial charge in [-0.25, -0.2) is 9.78 Å². The normalized spacial score (nSPS) is 23.3. The Balaban J connectivity index is 1.20. The minimum absolute atomic E-state index is 0.0997. The third kappa shape index (κ3) is 4.23. The molecule has 5 atom stereocenters. The number of carbonyl (C=O) groups is 4. The fraction of sp³-hybridized carbons (Fsp3) is 0.286. The van der Waals surface area contributed by atoms with Crippen molar-refractivity contribution in [3.05, 3.63) is 95.6 Å². The number of anilines is 1. The SMILES string of the molecule is Cc1ccc(C(=O)[C@@H](C)OC(=O)c2cc(-c3cccc(N4C(=O)[C@@H]5[C@H]6CC[C@@H](C6)[C@@H]5C4=O)c3)nc3ccccc23)cc1. The Morgan fingerprint density at radius 1 is 0.881 bits per heavy atom. The van der Waals surface area contributed by atoms with Gasteiger partial charge in [0, 0.05) is 16.5 Å². The summed E-state index contributed by atoms with van der Waals surface area (Å²) in [5.41, 5.74) is 4.06. The maximum absolute atomic E-state index is 13.5. The van der Waals surface area contributed by atoms with Crippen LogP contribution in [0.4, 0.5) is 5.69 Å². The summed E-state index contributed by atoms with van der Waals surface area (Å²) in [6.07, 6.45) is 2.04. The highest BCUT2D eigenvalue weighted by Gasteiger charge is 2.61. The number of para-hydroxylation sites is 1. The summed E-state index contributed by atoms with van der Waals surface area (Å²) < 4.78 is 5.67. The van der Waals surface area contributed by atoms with E-state index in [1.54, 1.807) is 49.4 Å². The van der Waals surface area contributed by atoms with Gasteiger partial charge in [-0.1, -0.05) is 60.2 Å². The van der Waals surface area contributed by atoms with Gasteiger partial charge in [-0.15, -0.1) is 0 Å². The summed E-state index contributed by atoms with van der Waals surface area (Å²) in [5, 5.41) is 0.602. The van der Waals surface area contributed by atoms with E-state index in [9.17, 15) is 19.2 Å². The predicted molar refractivity (Wildman–Crippen MR) is 158 cm³/mol. The number of hydrogen-bond acceptors (Lipinski definition) is 6. The number of benzene rings is 3. The molecular weight excluding hydrogens is 528 g/mol. The maximum atomic E-state index is 13.5.